The predicted octanol–water partition coefficient (Wildman–Crippen LogP) is 25.1. The van der Waals surface area contributed by atoms with Crippen LogP contribution in [-0.4, -0.2) is 38.2 Å². The highest BCUT2D eigenvalue weighted by Gasteiger charge is 2.23. The second kappa shape index (κ2) is 24.7. The molecule has 8 nitrogen and oxygen atoms in total. The molecule has 0 radical (unpaired) electrons. The fraction of sp³-hybridized carbons (Fsp3) is 0. The lowest BCUT2D eigenvalue weighted by Gasteiger charge is -2.12. The molecule has 0 fully saturated rings. The number of fused-ring (bicyclic) bond motifs is 15. The van der Waals surface area contributed by atoms with Crippen molar-refractivity contribution in [2.24, 2.45) is 0 Å². The summed E-state index contributed by atoms with van der Waals surface area (Å²) in [6.45, 7) is 0. The SMILES string of the molecule is c1ccc(-c2ccc(-c3nc(-c4ccc(-n5c6ccccc6c6cc7c8ccccc8n(-c8ccccc8)c7cc65)cc4)c4ccccc4n3)cc2)cc1.c1ccc(-c2nc(-c3ccc(-n4c5ccccc5c5cc6c7ccccc7n(-c7ccc8ccccc8c7)c6cc54)cc3)c3ccccc3n2)cc1. The van der Waals surface area contributed by atoms with Crippen LogP contribution in [0.2, 0.25) is 0 Å². The monoisotopic (exact) mass is 1350 g/mol. The summed E-state index contributed by atoms with van der Waals surface area (Å²) in [5.41, 5.74) is 24.2. The Morgan fingerprint density at radius 3 is 0.906 bits per heavy atom. The van der Waals surface area contributed by atoms with Crippen molar-refractivity contribution in [3.63, 3.8) is 0 Å². The third kappa shape index (κ3) is 9.99. The van der Waals surface area contributed by atoms with E-state index in [9.17, 15) is 0 Å². The maximum absolute atomic E-state index is 5.21. The molecule has 0 N–H and O–H groups in total. The van der Waals surface area contributed by atoms with Crippen LogP contribution in [-0.2, 0) is 0 Å². The molecule has 0 saturated carbocycles. The normalized spacial score (nSPS) is 11.8. The van der Waals surface area contributed by atoms with E-state index in [1.54, 1.807) is 0 Å². The molecule has 0 saturated heterocycles. The van der Waals surface area contributed by atoms with Crippen molar-refractivity contribution >= 4 is 120 Å². The Hall–Kier alpha value is -14.3. The zero-order valence-electron chi connectivity index (χ0n) is 57.4. The van der Waals surface area contributed by atoms with Gasteiger partial charge in [-0.1, -0.05) is 267 Å². The highest BCUT2D eigenvalue weighted by molar-refractivity contribution is 6.21. The quantitative estimate of drug-likeness (QED) is 0.144. The fourth-order valence-corrected chi connectivity index (χ4v) is 16.3. The first-order chi connectivity index (χ1) is 52.6. The van der Waals surface area contributed by atoms with E-state index < -0.39 is 0 Å². The van der Waals surface area contributed by atoms with Gasteiger partial charge in [0.1, 0.15) is 0 Å². The molecule has 16 aromatic carbocycles. The van der Waals surface area contributed by atoms with Crippen molar-refractivity contribution < 1.29 is 0 Å². The van der Waals surface area contributed by atoms with Gasteiger partial charge in [0.25, 0.3) is 0 Å². The second-order valence-corrected chi connectivity index (χ2v) is 27.3. The summed E-state index contributed by atoms with van der Waals surface area (Å²) in [4.78, 5) is 20.3. The van der Waals surface area contributed by atoms with Crippen LogP contribution in [0.1, 0.15) is 0 Å². The minimum atomic E-state index is 0.715. The van der Waals surface area contributed by atoms with Crippen LogP contribution in [0.4, 0.5) is 0 Å². The molecule has 494 valence electrons. The van der Waals surface area contributed by atoms with E-state index in [2.05, 4.69) is 358 Å². The summed E-state index contributed by atoms with van der Waals surface area (Å²) in [7, 11) is 0. The molecule has 0 spiro atoms. The molecule has 6 aromatic heterocycles. The topological polar surface area (TPSA) is 71.3 Å². The van der Waals surface area contributed by atoms with Crippen molar-refractivity contribution in [1.82, 2.24) is 38.2 Å². The molecule has 0 atom stereocenters. The molecule has 0 aliphatic heterocycles. The van der Waals surface area contributed by atoms with Gasteiger partial charge in [-0.15, -0.1) is 0 Å². The van der Waals surface area contributed by atoms with Crippen LogP contribution in [0, 0.1) is 0 Å². The number of rotatable bonds is 9. The van der Waals surface area contributed by atoms with Gasteiger partial charge in [-0.05, 0) is 131 Å². The molecular weight excluding hydrogens is 1290 g/mol. The van der Waals surface area contributed by atoms with Crippen molar-refractivity contribution in [1.29, 1.82) is 0 Å². The fourth-order valence-electron chi connectivity index (χ4n) is 16.3. The maximum atomic E-state index is 5.21. The smallest absolute Gasteiger partial charge is 0.160 e. The van der Waals surface area contributed by atoms with E-state index in [0.29, 0.717) is 5.82 Å². The Labute approximate surface area is 609 Å². The molecule has 106 heavy (non-hydrogen) atoms. The largest absolute Gasteiger partial charge is 0.309 e. The number of benzene rings is 16. The summed E-state index contributed by atoms with van der Waals surface area (Å²) in [6, 6.07) is 134. The van der Waals surface area contributed by atoms with Crippen LogP contribution >= 0.6 is 0 Å². The van der Waals surface area contributed by atoms with Crippen LogP contribution in [0.25, 0.3) is 199 Å². The van der Waals surface area contributed by atoms with E-state index in [1.165, 1.54) is 109 Å². The van der Waals surface area contributed by atoms with Gasteiger partial charge in [0, 0.05) is 98.9 Å². The van der Waals surface area contributed by atoms with Crippen LogP contribution < -0.4 is 0 Å². The first-order valence-electron chi connectivity index (χ1n) is 36.0. The molecule has 6 heterocycles. The third-order valence-corrected chi connectivity index (χ3v) is 21.2. The third-order valence-electron chi connectivity index (χ3n) is 21.2. The molecule has 0 unspecified atom stereocenters. The van der Waals surface area contributed by atoms with Crippen LogP contribution in [0.15, 0.2) is 376 Å². The lowest BCUT2D eigenvalue weighted by Crippen LogP contribution is -1.97. The number of hydrogen-bond acceptors (Lipinski definition) is 4. The van der Waals surface area contributed by atoms with E-state index in [-0.39, 0.29) is 0 Å². The zero-order chi connectivity index (χ0) is 69.8. The predicted molar refractivity (Wildman–Crippen MR) is 441 cm³/mol. The Kier molecular flexibility index (Phi) is 14.1. The highest BCUT2D eigenvalue weighted by atomic mass is 15.0. The molecule has 0 aliphatic carbocycles. The summed E-state index contributed by atoms with van der Waals surface area (Å²) in [5.74, 6) is 1.44. The molecule has 22 rings (SSSR count). The van der Waals surface area contributed by atoms with Crippen LogP contribution in [0.5, 0.6) is 0 Å². The zero-order valence-corrected chi connectivity index (χ0v) is 57.4. The van der Waals surface area contributed by atoms with E-state index >= 15 is 0 Å². The Balaban J connectivity index is 0.000000136. The Bertz CT molecular complexity index is 7220. The Morgan fingerprint density at radius 2 is 0.462 bits per heavy atom. The van der Waals surface area contributed by atoms with Gasteiger partial charge in [-0.25, -0.2) is 19.9 Å². The van der Waals surface area contributed by atoms with Crippen molar-refractivity contribution in [3.8, 4) is 79.2 Å². The molecule has 8 heteroatoms. The van der Waals surface area contributed by atoms with E-state index in [0.717, 1.165) is 84.0 Å². The number of para-hydroxylation sites is 7. The van der Waals surface area contributed by atoms with E-state index in [1.807, 2.05) is 36.4 Å². The molecule has 22 aromatic rings. The van der Waals surface area contributed by atoms with Crippen molar-refractivity contribution in [3.05, 3.63) is 376 Å². The maximum Gasteiger partial charge on any atom is 0.160 e. The Morgan fingerprint density at radius 1 is 0.160 bits per heavy atom. The first kappa shape index (κ1) is 60.4. The van der Waals surface area contributed by atoms with Gasteiger partial charge in [-0.3, -0.25) is 0 Å². The minimum absolute atomic E-state index is 0.715. The molecule has 0 aliphatic rings. The molecule has 0 bridgehead atoms. The van der Waals surface area contributed by atoms with Gasteiger partial charge < -0.3 is 18.3 Å². The van der Waals surface area contributed by atoms with Gasteiger partial charge in [0.05, 0.1) is 66.6 Å². The average molecular weight is 1350 g/mol. The first-order valence-corrected chi connectivity index (χ1v) is 36.0. The molecular formula is C98H62N8. The van der Waals surface area contributed by atoms with Gasteiger partial charge in [-0.2, -0.15) is 0 Å². The summed E-state index contributed by atoms with van der Waals surface area (Å²) in [6.07, 6.45) is 0. The van der Waals surface area contributed by atoms with Gasteiger partial charge in [0.15, 0.2) is 11.6 Å². The second-order valence-electron chi connectivity index (χ2n) is 27.3. The van der Waals surface area contributed by atoms with Gasteiger partial charge >= 0.3 is 0 Å². The standard InChI is InChI=1S/C50H32N4.C48H30N4/c1-3-13-33(14-4-1)34-23-25-36(26-24-34)50-51-44-20-10-7-19-41(44)49(52-50)35-27-29-38(30-28-35)54-46-22-12-9-18-40(46)43-31-42-39-17-8-11-21-45(39)53(47(42)32-48(43)54)37-15-5-2-6-16-37;1-2-13-33(14-3-1)48-49-42-19-9-6-18-39(42)47(50-48)32-23-25-35(26-24-32)51-43-20-10-7-16-37(43)40-29-41-38-17-8-11-21-44(38)52(46(41)30-45(40)51)36-27-22-31-12-4-5-15-34(31)28-36/h1-32H;1-30H. The van der Waals surface area contributed by atoms with Crippen molar-refractivity contribution in [2.45, 2.75) is 0 Å². The van der Waals surface area contributed by atoms with Gasteiger partial charge in [0.2, 0.25) is 0 Å². The van der Waals surface area contributed by atoms with Crippen molar-refractivity contribution in [2.75, 3.05) is 0 Å². The summed E-state index contributed by atoms with van der Waals surface area (Å²) >= 11 is 0. The number of hydrogen-bond donors (Lipinski definition) is 0. The lowest BCUT2D eigenvalue weighted by atomic mass is 10.0. The lowest BCUT2D eigenvalue weighted by molar-refractivity contribution is 1.16. The minimum Gasteiger partial charge on any atom is -0.309 e. The molecule has 0 amide bonds. The average Bonchev–Trinajstić information content (AvgIpc) is 1.56. The van der Waals surface area contributed by atoms with E-state index in [4.69, 9.17) is 19.9 Å². The highest BCUT2D eigenvalue weighted by Crippen LogP contribution is 2.44. The number of nitrogens with zero attached hydrogens (tertiary/aromatic N) is 8. The summed E-state index contributed by atoms with van der Waals surface area (Å²) in [5, 5.41) is 14.5. The summed E-state index contributed by atoms with van der Waals surface area (Å²) < 4.78 is 9.62. The van der Waals surface area contributed by atoms with Crippen LogP contribution in [0.3, 0.4) is 0 Å². The number of aromatic nitrogens is 8.